The highest BCUT2D eigenvalue weighted by Crippen LogP contribution is 2.16. The molecule has 120 valence electrons. The summed E-state index contributed by atoms with van der Waals surface area (Å²) in [5, 5.41) is 3.38. The van der Waals surface area contributed by atoms with E-state index in [0.717, 1.165) is 5.56 Å². The van der Waals surface area contributed by atoms with Crippen molar-refractivity contribution >= 4 is 23.4 Å². The fourth-order valence-electron chi connectivity index (χ4n) is 1.89. The second-order valence-corrected chi connectivity index (χ2v) is 5.43. The fraction of sp³-hybridized carbons (Fsp3) is 0.176. The van der Waals surface area contributed by atoms with Crippen LogP contribution in [0.3, 0.4) is 0 Å². The molecule has 0 aliphatic rings. The minimum absolute atomic E-state index is 0.237. The standard InChI is InChI=1S/C17H17ClN2O3/c1-11(23-15-8-6-14(18)7-9-15)17(22)20-10-12-2-4-13(5-3-12)16(19)21/h2-9,11H,10H2,1H3,(H2,19,21)(H,20,22). The molecule has 0 aromatic heterocycles. The Bertz CT molecular complexity index is 684. The van der Waals surface area contributed by atoms with Crippen LogP contribution in [0.2, 0.25) is 5.02 Å². The maximum absolute atomic E-state index is 12.0. The van der Waals surface area contributed by atoms with E-state index in [9.17, 15) is 9.59 Å². The van der Waals surface area contributed by atoms with Crippen molar-refractivity contribution in [2.24, 2.45) is 5.73 Å². The highest BCUT2D eigenvalue weighted by Gasteiger charge is 2.14. The Morgan fingerprint density at radius 1 is 1.13 bits per heavy atom. The minimum atomic E-state index is -0.638. The summed E-state index contributed by atoms with van der Waals surface area (Å²) in [4.78, 5) is 23.0. The van der Waals surface area contributed by atoms with Crippen molar-refractivity contribution in [3.8, 4) is 5.75 Å². The molecule has 1 atom stereocenters. The molecule has 0 bridgehead atoms. The van der Waals surface area contributed by atoms with Crippen LogP contribution >= 0.6 is 11.6 Å². The molecule has 5 nitrogen and oxygen atoms in total. The summed E-state index contributed by atoms with van der Waals surface area (Å²) >= 11 is 5.80. The number of hydrogen-bond acceptors (Lipinski definition) is 3. The van der Waals surface area contributed by atoms with Gasteiger partial charge in [0.25, 0.3) is 5.91 Å². The first kappa shape index (κ1) is 16.8. The number of hydrogen-bond donors (Lipinski definition) is 2. The smallest absolute Gasteiger partial charge is 0.261 e. The summed E-state index contributed by atoms with van der Waals surface area (Å²) < 4.78 is 5.54. The van der Waals surface area contributed by atoms with Crippen LogP contribution in [-0.2, 0) is 11.3 Å². The Kier molecular flexibility index (Phi) is 5.60. The molecule has 3 N–H and O–H groups in total. The molecule has 2 rings (SSSR count). The van der Waals surface area contributed by atoms with Crippen LogP contribution in [0.15, 0.2) is 48.5 Å². The van der Waals surface area contributed by atoms with E-state index < -0.39 is 12.0 Å². The van der Waals surface area contributed by atoms with E-state index in [0.29, 0.717) is 22.9 Å². The monoisotopic (exact) mass is 332 g/mol. The van der Waals surface area contributed by atoms with Crippen LogP contribution in [-0.4, -0.2) is 17.9 Å². The molecule has 2 amide bonds. The molecule has 1 unspecified atom stereocenters. The van der Waals surface area contributed by atoms with Crippen LogP contribution < -0.4 is 15.8 Å². The van der Waals surface area contributed by atoms with E-state index >= 15 is 0 Å². The number of carbonyl (C=O) groups is 2. The van der Waals surface area contributed by atoms with E-state index in [1.165, 1.54) is 0 Å². The Hall–Kier alpha value is -2.53. The molecule has 6 heteroatoms. The van der Waals surface area contributed by atoms with Gasteiger partial charge in [-0.25, -0.2) is 0 Å². The van der Waals surface area contributed by atoms with Gasteiger partial charge in [-0.2, -0.15) is 0 Å². The zero-order valence-corrected chi connectivity index (χ0v) is 13.3. The fourth-order valence-corrected chi connectivity index (χ4v) is 2.02. The van der Waals surface area contributed by atoms with E-state index in [2.05, 4.69) is 5.32 Å². The third kappa shape index (κ3) is 5.00. The van der Waals surface area contributed by atoms with Gasteiger partial charge in [-0.15, -0.1) is 0 Å². The Balaban J connectivity index is 1.86. The number of nitrogens with two attached hydrogens (primary N) is 1. The first-order chi connectivity index (χ1) is 11.0. The van der Waals surface area contributed by atoms with Gasteiger partial charge in [0.05, 0.1) is 0 Å². The highest BCUT2D eigenvalue weighted by molar-refractivity contribution is 6.30. The molecule has 0 fully saturated rings. The summed E-state index contributed by atoms with van der Waals surface area (Å²) in [7, 11) is 0. The van der Waals surface area contributed by atoms with Crippen molar-refractivity contribution in [3.63, 3.8) is 0 Å². The van der Waals surface area contributed by atoms with Crippen molar-refractivity contribution in [1.82, 2.24) is 5.32 Å². The molecule has 0 spiro atoms. The van der Waals surface area contributed by atoms with Gasteiger partial charge in [-0.1, -0.05) is 23.7 Å². The molecule has 2 aromatic carbocycles. The molecule has 0 radical (unpaired) electrons. The van der Waals surface area contributed by atoms with Gasteiger partial charge in [0.1, 0.15) is 5.75 Å². The maximum atomic E-state index is 12.0. The van der Waals surface area contributed by atoms with Crippen molar-refractivity contribution in [3.05, 3.63) is 64.7 Å². The Morgan fingerprint density at radius 3 is 2.30 bits per heavy atom. The van der Waals surface area contributed by atoms with Crippen molar-refractivity contribution < 1.29 is 14.3 Å². The van der Waals surface area contributed by atoms with E-state index in [1.807, 2.05) is 0 Å². The lowest BCUT2D eigenvalue weighted by Gasteiger charge is -2.15. The maximum Gasteiger partial charge on any atom is 0.261 e. The molecular weight excluding hydrogens is 316 g/mol. The number of amides is 2. The number of rotatable bonds is 6. The van der Waals surface area contributed by atoms with E-state index in [4.69, 9.17) is 22.1 Å². The molecule has 0 saturated carbocycles. The number of benzene rings is 2. The van der Waals surface area contributed by atoms with E-state index in [-0.39, 0.29) is 5.91 Å². The average molecular weight is 333 g/mol. The number of nitrogens with one attached hydrogen (secondary N) is 1. The van der Waals surface area contributed by atoms with Crippen molar-refractivity contribution in [2.75, 3.05) is 0 Å². The molecule has 0 heterocycles. The summed E-state index contributed by atoms with van der Waals surface area (Å²) in [6, 6.07) is 13.5. The number of primary amides is 1. The third-order valence-corrected chi connectivity index (χ3v) is 3.45. The molecule has 0 saturated heterocycles. The Labute approximate surface area is 139 Å². The number of ether oxygens (including phenoxy) is 1. The average Bonchev–Trinajstić information content (AvgIpc) is 2.55. The van der Waals surface area contributed by atoms with Crippen LogP contribution in [0.1, 0.15) is 22.8 Å². The third-order valence-electron chi connectivity index (χ3n) is 3.20. The predicted molar refractivity (Wildman–Crippen MR) is 88.3 cm³/mol. The van der Waals surface area contributed by atoms with Gasteiger partial charge >= 0.3 is 0 Å². The summed E-state index contributed by atoms with van der Waals surface area (Å²) in [6.07, 6.45) is -0.638. The minimum Gasteiger partial charge on any atom is -0.481 e. The number of halogens is 1. The van der Waals surface area contributed by atoms with Crippen LogP contribution in [0.5, 0.6) is 5.75 Å². The lowest BCUT2D eigenvalue weighted by atomic mass is 10.1. The quantitative estimate of drug-likeness (QED) is 0.852. The second kappa shape index (κ2) is 7.65. The van der Waals surface area contributed by atoms with Crippen molar-refractivity contribution in [1.29, 1.82) is 0 Å². The van der Waals surface area contributed by atoms with Crippen LogP contribution in [0, 0.1) is 0 Å². The van der Waals surface area contributed by atoms with Gasteiger partial charge in [0.15, 0.2) is 6.10 Å². The normalized spacial score (nSPS) is 11.6. The number of carbonyl (C=O) groups excluding carboxylic acids is 2. The molecular formula is C17H17ClN2O3. The highest BCUT2D eigenvalue weighted by atomic mass is 35.5. The second-order valence-electron chi connectivity index (χ2n) is 4.99. The molecule has 0 aliphatic heterocycles. The van der Waals surface area contributed by atoms with Crippen LogP contribution in [0.4, 0.5) is 0 Å². The summed E-state index contributed by atoms with van der Waals surface area (Å²) in [6.45, 7) is 2.01. The van der Waals surface area contributed by atoms with Gasteiger partial charge in [0, 0.05) is 17.1 Å². The first-order valence-corrected chi connectivity index (χ1v) is 7.42. The summed E-state index contributed by atoms with van der Waals surface area (Å²) in [5.74, 6) is -0.146. The predicted octanol–water partition coefficient (Wildman–Crippen LogP) is 2.52. The van der Waals surface area contributed by atoms with Crippen molar-refractivity contribution in [2.45, 2.75) is 19.6 Å². The van der Waals surface area contributed by atoms with Gasteiger partial charge in [-0.3, -0.25) is 9.59 Å². The Morgan fingerprint density at radius 2 is 1.74 bits per heavy atom. The first-order valence-electron chi connectivity index (χ1n) is 7.04. The largest absolute Gasteiger partial charge is 0.481 e. The van der Waals surface area contributed by atoms with E-state index in [1.54, 1.807) is 55.5 Å². The molecule has 23 heavy (non-hydrogen) atoms. The van der Waals surface area contributed by atoms with Crippen LogP contribution in [0.25, 0.3) is 0 Å². The SMILES string of the molecule is CC(Oc1ccc(Cl)cc1)C(=O)NCc1ccc(C(N)=O)cc1. The van der Waals surface area contributed by atoms with Gasteiger partial charge in [-0.05, 0) is 48.9 Å². The lowest BCUT2D eigenvalue weighted by Crippen LogP contribution is -2.35. The molecule has 0 aliphatic carbocycles. The van der Waals surface area contributed by atoms with Gasteiger partial charge < -0.3 is 15.8 Å². The van der Waals surface area contributed by atoms with Gasteiger partial charge in [0.2, 0.25) is 5.91 Å². The topological polar surface area (TPSA) is 81.4 Å². The summed E-state index contributed by atoms with van der Waals surface area (Å²) in [5.41, 5.74) is 6.47. The molecule has 2 aromatic rings. The zero-order chi connectivity index (χ0) is 16.8. The lowest BCUT2D eigenvalue weighted by molar-refractivity contribution is -0.127. The zero-order valence-electron chi connectivity index (χ0n) is 12.6.